The summed E-state index contributed by atoms with van der Waals surface area (Å²) in [5, 5.41) is 18.5. The number of hydrogen-bond acceptors (Lipinski definition) is 9. The van der Waals surface area contributed by atoms with Crippen molar-refractivity contribution >= 4 is 91.1 Å². The Morgan fingerprint density at radius 3 is 1.31 bits per heavy atom. The Balaban J connectivity index is -0.000000500. The fourth-order valence-electron chi connectivity index (χ4n) is 0.162. The normalized spacial score (nSPS) is 11.4. The van der Waals surface area contributed by atoms with Gasteiger partial charge in [0.2, 0.25) is 0 Å². The van der Waals surface area contributed by atoms with Crippen molar-refractivity contribution in [2.75, 3.05) is 0 Å². The van der Waals surface area contributed by atoms with Crippen molar-refractivity contribution in [2.24, 2.45) is 0 Å². The van der Waals surface area contributed by atoms with Gasteiger partial charge in [-0.2, -0.15) is 0 Å². The first-order valence-electron chi connectivity index (χ1n) is 1.79. The first kappa shape index (κ1) is 21.0. The zero-order valence-electron chi connectivity index (χ0n) is 5.98. The molecule has 0 unspecified atom stereocenters. The number of hydrogen-bond donors (Lipinski definition) is 0. The third kappa shape index (κ3) is 11.0. The van der Waals surface area contributed by atoms with Gasteiger partial charge in [0.15, 0.2) is 0 Å². The molecule has 13 heteroatoms. The third-order valence-electron chi connectivity index (χ3n) is 0.383. The van der Waals surface area contributed by atoms with E-state index >= 15 is 0 Å². The Bertz CT molecular complexity index is 198. The first-order valence-corrected chi connectivity index (χ1v) is 4.72. The van der Waals surface area contributed by atoms with Crippen LogP contribution in [0.5, 0.6) is 0 Å². The molecule has 0 fully saturated rings. The van der Waals surface area contributed by atoms with Gasteiger partial charge in [-0.05, 0) is 0 Å². The van der Waals surface area contributed by atoms with Crippen LogP contribution >= 0.6 is 15.6 Å². The molecular weight excluding hydrogens is 286 g/mol. The summed E-state index contributed by atoms with van der Waals surface area (Å²) in [6, 6.07) is 0. The van der Waals surface area contributed by atoms with Crippen molar-refractivity contribution in [1.29, 1.82) is 0 Å². The maximum Gasteiger partial charge on any atom is 2.00 e. The van der Waals surface area contributed by atoms with Gasteiger partial charge in [0.25, 0.3) is 0 Å². The Morgan fingerprint density at radius 1 is 0.923 bits per heavy atom. The van der Waals surface area contributed by atoms with Crippen molar-refractivity contribution in [3.8, 4) is 0 Å². The van der Waals surface area contributed by atoms with Gasteiger partial charge in [-0.1, -0.05) is 0 Å². The van der Waals surface area contributed by atoms with E-state index in [4.69, 9.17) is 0 Å². The van der Waals surface area contributed by atoms with Crippen molar-refractivity contribution in [3.05, 3.63) is 0 Å². The van der Waals surface area contributed by atoms with Gasteiger partial charge in [-0.15, -0.1) is 0 Å². The molecule has 0 saturated heterocycles. The molecule has 0 aromatic rings. The van der Waals surface area contributed by atoms with Crippen molar-refractivity contribution in [2.45, 2.75) is 0 Å². The molecule has 68 valence electrons. The van der Waals surface area contributed by atoms with Crippen LogP contribution in [0.4, 0.5) is 0 Å². The molecule has 0 atom stereocenters. The fourth-order valence-corrected chi connectivity index (χ4v) is 1.38. The monoisotopic (exact) mass is 286 g/mol. The van der Waals surface area contributed by atoms with Gasteiger partial charge in [0.1, 0.15) is 0 Å². The van der Waals surface area contributed by atoms with Gasteiger partial charge in [0, 0.05) is 0 Å². The Labute approximate surface area is 132 Å². The SMILES string of the molecule is O=P([O-])([O-])OP(=O)(O[O-])O[O-].[Ca+2].[Ca+2]. The molecular formula is Ca2O9P2. The summed E-state index contributed by atoms with van der Waals surface area (Å²) in [5.41, 5.74) is 0. The van der Waals surface area contributed by atoms with E-state index in [9.17, 15) is 29.4 Å². The second kappa shape index (κ2) is 8.81. The van der Waals surface area contributed by atoms with E-state index in [1.165, 1.54) is 0 Å². The molecule has 0 aliphatic rings. The van der Waals surface area contributed by atoms with Gasteiger partial charge in [-0.25, -0.2) is 4.57 Å². The van der Waals surface area contributed by atoms with Crippen molar-refractivity contribution in [3.63, 3.8) is 0 Å². The molecule has 0 aliphatic carbocycles. The van der Waals surface area contributed by atoms with Crippen LogP contribution in [0.3, 0.4) is 0 Å². The number of rotatable bonds is 4. The molecule has 0 N–H and O–H groups in total. The predicted octanol–water partition coefficient (Wildman–Crippen LogP) is -4.24. The smallest absolute Gasteiger partial charge is 0.789 e. The average Bonchev–Trinajstić information content (AvgIpc) is 1.84. The van der Waals surface area contributed by atoms with Gasteiger partial charge in [0.05, 0.1) is 7.82 Å². The van der Waals surface area contributed by atoms with Gasteiger partial charge >= 0.3 is 83.3 Å². The molecule has 0 amide bonds. The molecule has 0 spiro atoms. The minimum atomic E-state index is -5.73. The fraction of sp³-hybridized carbons (Fsp3) is 0. The predicted molar refractivity (Wildman–Crippen MR) is 30.0 cm³/mol. The summed E-state index contributed by atoms with van der Waals surface area (Å²) in [6.07, 6.45) is 0. The molecule has 0 aromatic heterocycles. The maximum atomic E-state index is 10.1. The Morgan fingerprint density at radius 2 is 1.23 bits per heavy atom. The van der Waals surface area contributed by atoms with E-state index in [1.807, 2.05) is 0 Å². The molecule has 0 aromatic carbocycles. The quantitative estimate of drug-likeness (QED) is 0.216. The van der Waals surface area contributed by atoms with Crippen LogP contribution in [-0.4, -0.2) is 75.5 Å². The molecule has 0 rings (SSSR count). The van der Waals surface area contributed by atoms with Gasteiger partial charge in [-0.3, -0.25) is 4.31 Å². The summed E-state index contributed by atoms with van der Waals surface area (Å²) in [5.74, 6) is 0. The standard InChI is InChI=1S/2Ca.H4O9P2/c;;1-7-11(6,8-2)9-10(3,4)5/h;;1-2H,(H2,3,4,5)/q2*+2;/p-4. The molecule has 0 saturated carbocycles. The second-order valence-electron chi connectivity index (χ2n) is 1.13. The van der Waals surface area contributed by atoms with Crippen LogP contribution in [0.1, 0.15) is 0 Å². The zero-order chi connectivity index (χ0) is 9.12. The molecule has 0 radical (unpaired) electrons. The molecule has 9 nitrogen and oxygen atoms in total. The average molecular weight is 286 g/mol. The zero-order valence-corrected chi connectivity index (χ0v) is 12.2. The van der Waals surface area contributed by atoms with E-state index < -0.39 is 15.6 Å². The maximum absolute atomic E-state index is 10.1. The minimum absolute atomic E-state index is 0. The molecule has 0 heterocycles. The van der Waals surface area contributed by atoms with Crippen molar-refractivity contribution < 1.29 is 43.1 Å². The molecule has 0 bridgehead atoms. The van der Waals surface area contributed by atoms with Gasteiger partial charge < -0.3 is 34.2 Å². The Kier molecular flexibility index (Phi) is 14.2. The molecule has 13 heavy (non-hydrogen) atoms. The Hall–Kier alpha value is 2.70. The van der Waals surface area contributed by atoms with E-state index in [2.05, 4.69) is 13.7 Å². The first-order chi connectivity index (χ1) is 4.83. The largest absolute Gasteiger partial charge is 2.00 e. The van der Waals surface area contributed by atoms with Crippen LogP contribution in [0.15, 0.2) is 0 Å². The van der Waals surface area contributed by atoms with Crippen LogP contribution < -0.4 is 20.3 Å². The van der Waals surface area contributed by atoms with E-state index in [0.29, 0.717) is 0 Å². The van der Waals surface area contributed by atoms with Crippen LogP contribution in [0, 0.1) is 0 Å². The van der Waals surface area contributed by atoms with Crippen LogP contribution in [0.25, 0.3) is 0 Å². The molecule has 0 aliphatic heterocycles. The summed E-state index contributed by atoms with van der Waals surface area (Å²) < 4.78 is 27.4. The van der Waals surface area contributed by atoms with Crippen molar-refractivity contribution in [1.82, 2.24) is 0 Å². The second-order valence-corrected chi connectivity index (χ2v) is 3.87. The van der Waals surface area contributed by atoms with Crippen LogP contribution in [0.2, 0.25) is 0 Å². The van der Waals surface area contributed by atoms with E-state index in [1.54, 1.807) is 0 Å². The summed E-state index contributed by atoms with van der Waals surface area (Å²) >= 11 is 0. The van der Waals surface area contributed by atoms with E-state index in [-0.39, 0.29) is 75.5 Å². The summed E-state index contributed by atoms with van der Waals surface area (Å²) in [7, 11) is -11.0. The summed E-state index contributed by atoms with van der Waals surface area (Å²) in [6.45, 7) is 0. The van der Waals surface area contributed by atoms with Crippen LogP contribution in [-0.2, 0) is 22.8 Å². The third-order valence-corrected chi connectivity index (χ3v) is 2.35. The number of phosphoric acid groups is 2. The topological polar surface area (TPSA) is 154 Å². The van der Waals surface area contributed by atoms with E-state index in [0.717, 1.165) is 0 Å². The minimum Gasteiger partial charge on any atom is -0.789 e. The summed E-state index contributed by atoms with van der Waals surface area (Å²) in [4.78, 5) is 19.2.